The van der Waals surface area contributed by atoms with Gasteiger partial charge in [-0.15, -0.1) is 0 Å². The number of anilines is 1. The number of carbonyl (C=O) groups excluding carboxylic acids is 3. The van der Waals surface area contributed by atoms with E-state index in [9.17, 15) is 14.4 Å². The molecule has 7 nitrogen and oxygen atoms in total. The Morgan fingerprint density at radius 3 is 2.79 bits per heavy atom. The summed E-state index contributed by atoms with van der Waals surface area (Å²) >= 11 is 6.13. The first kappa shape index (κ1) is 20.4. The van der Waals surface area contributed by atoms with E-state index in [2.05, 4.69) is 5.32 Å². The van der Waals surface area contributed by atoms with Gasteiger partial charge < -0.3 is 15.0 Å². The molecule has 0 aromatic heterocycles. The minimum absolute atomic E-state index is 0.0368. The van der Waals surface area contributed by atoms with Gasteiger partial charge in [0, 0.05) is 30.2 Å². The molecule has 1 aliphatic rings. The molecular weight excluding hydrogens is 394 g/mol. The zero-order valence-electron chi connectivity index (χ0n) is 15.4. The zero-order chi connectivity index (χ0) is 20.8. The highest BCUT2D eigenvalue weighted by Crippen LogP contribution is 2.24. The molecule has 0 saturated carbocycles. The lowest BCUT2D eigenvalue weighted by atomic mass is 10.1. The van der Waals surface area contributed by atoms with E-state index in [1.54, 1.807) is 35.2 Å². The normalized spacial score (nSPS) is 15.7. The number of amides is 2. The third-order valence-corrected chi connectivity index (χ3v) is 4.86. The molecule has 1 aliphatic heterocycles. The van der Waals surface area contributed by atoms with Crippen molar-refractivity contribution in [2.75, 3.05) is 18.5 Å². The maximum absolute atomic E-state index is 12.3. The molecule has 3 rings (SSSR count). The molecule has 2 aromatic carbocycles. The average molecular weight is 412 g/mol. The highest BCUT2D eigenvalue weighted by molar-refractivity contribution is 6.31. The molecule has 2 aromatic rings. The van der Waals surface area contributed by atoms with Crippen LogP contribution in [0.2, 0.25) is 5.02 Å². The number of hydrogen-bond acceptors (Lipinski definition) is 5. The van der Waals surface area contributed by atoms with E-state index in [1.807, 2.05) is 18.2 Å². The first-order valence-corrected chi connectivity index (χ1v) is 9.32. The topological polar surface area (TPSA) is 99.5 Å². The van der Waals surface area contributed by atoms with E-state index in [0.29, 0.717) is 22.8 Å². The lowest BCUT2D eigenvalue weighted by molar-refractivity contribution is -0.151. The van der Waals surface area contributed by atoms with Crippen molar-refractivity contribution in [2.24, 2.45) is 5.92 Å². The molecule has 1 atom stereocenters. The molecule has 1 saturated heterocycles. The standard InChI is InChI=1S/C21H18ClN3O4/c22-18-7-2-1-5-15(18)11-25-12-16(9-20(25)27)21(28)29-13-19(26)24-17-6-3-4-14(8-17)10-23/h1-8,16H,9,11-13H2,(H,24,26)/t16-/m0/s1. The quantitative estimate of drug-likeness (QED) is 0.737. The number of hydrogen-bond donors (Lipinski definition) is 1. The summed E-state index contributed by atoms with van der Waals surface area (Å²) in [5.41, 5.74) is 1.64. The highest BCUT2D eigenvalue weighted by Gasteiger charge is 2.35. The van der Waals surface area contributed by atoms with E-state index >= 15 is 0 Å². The molecule has 8 heteroatoms. The number of nitrogens with zero attached hydrogens (tertiary/aromatic N) is 2. The lowest BCUT2D eigenvalue weighted by Crippen LogP contribution is -2.28. The van der Waals surface area contributed by atoms with Crippen LogP contribution in [-0.4, -0.2) is 35.8 Å². The van der Waals surface area contributed by atoms with Crippen molar-refractivity contribution in [3.63, 3.8) is 0 Å². The zero-order valence-corrected chi connectivity index (χ0v) is 16.2. The van der Waals surface area contributed by atoms with Crippen LogP contribution in [0, 0.1) is 17.2 Å². The van der Waals surface area contributed by atoms with Crippen LogP contribution in [0.5, 0.6) is 0 Å². The van der Waals surface area contributed by atoms with Gasteiger partial charge in [0.1, 0.15) is 0 Å². The summed E-state index contributed by atoms with van der Waals surface area (Å²) in [4.78, 5) is 38.0. The molecule has 0 unspecified atom stereocenters. The summed E-state index contributed by atoms with van der Waals surface area (Å²) in [5.74, 6) is -1.91. The number of nitriles is 1. The first-order chi connectivity index (χ1) is 14.0. The number of likely N-dealkylation sites (tertiary alicyclic amines) is 1. The van der Waals surface area contributed by atoms with Crippen LogP contribution < -0.4 is 5.32 Å². The van der Waals surface area contributed by atoms with E-state index in [0.717, 1.165) is 5.56 Å². The summed E-state index contributed by atoms with van der Waals surface area (Å²) in [5, 5.41) is 12.0. The fraction of sp³-hybridized carbons (Fsp3) is 0.238. The number of nitrogens with one attached hydrogen (secondary N) is 1. The van der Waals surface area contributed by atoms with Gasteiger partial charge in [-0.3, -0.25) is 14.4 Å². The Bertz CT molecular complexity index is 986. The van der Waals surface area contributed by atoms with Gasteiger partial charge in [-0.2, -0.15) is 5.26 Å². The molecule has 0 radical (unpaired) electrons. The third kappa shape index (κ3) is 5.33. The summed E-state index contributed by atoms with van der Waals surface area (Å²) in [6, 6.07) is 15.6. The monoisotopic (exact) mass is 411 g/mol. The van der Waals surface area contributed by atoms with Gasteiger partial charge in [0.2, 0.25) is 5.91 Å². The second kappa shape index (κ2) is 9.22. The fourth-order valence-corrected chi connectivity index (χ4v) is 3.23. The van der Waals surface area contributed by atoms with Crippen LogP contribution >= 0.6 is 11.6 Å². The van der Waals surface area contributed by atoms with Crippen molar-refractivity contribution in [3.05, 3.63) is 64.7 Å². The Morgan fingerprint density at radius 1 is 1.24 bits per heavy atom. The minimum atomic E-state index is -0.625. The Kier molecular flexibility index (Phi) is 6.47. The van der Waals surface area contributed by atoms with Crippen molar-refractivity contribution in [2.45, 2.75) is 13.0 Å². The van der Waals surface area contributed by atoms with Gasteiger partial charge in [0.25, 0.3) is 5.91 Å². The van der Waals surface area contributed by atoms with Crippen molar-refractivity contribution in [1.82, 2.24) is 4.90 Å². The molecule has 1 heterocycles. The maximum Gasteiger partial charge on any atom is 0.311 e. The van der Waals surface area contributed by atoms with Gasteiger partial charge in [-0.1, -0.05) is 35.9 Å². The summed E-state index contributed by atoms with van der Waals surface area (Å²) in [6.45, 7) is 0.0670. The Balaban J connectivity index is 1.49. The molecular formula is C21H18ClN3O4. The van der Waals surface area contributed by atoms with Crippen LogP contribution in [0.25, 0.3) is 0 Å². The van der Waals surface area contributed by atoms with Gasteiger partial charge in [-0.25, -0.2) is 0 Å². The van der Waals surface area contributed by atoms with Gasteiger partial charge in [-0.05, 0) is 29.8 Å². The number of esters is 1. The molecule has 2 amide bonds. The van der Waals surface area contributed by atoms with E-state index < -0.39 is 24.4 Å². The molecule has 0 aliphatic carbocycles. The van der Waals surface area contributed by atoms with Crippen molar-refractivity contribution in [1.29, 1.82) is 5.26 Å². The molecule has 0 spiro atoms. The largest absolute Gasteiger partial charge is 0.455 e. The smallest absolute Gasteiger partial charge is 0.311 e. The van der Waals surface area contributed by atoms with Gasteiger partial charge >= 0.3 is 5.97 Å². The van der Waals surface area contributed by atoms with Crippen molar-refractivity contribution >= 4 is 35.1 Å². The highest BCUT2D eigenvalue weighted by atomic mass is 35.5. The van der Waals surface area contributed by atoms with Crippen LogP contribution in [-0.2, 0) is 25.7 Å². The summed E-state index contributed by atoms with van der Waals surface area (Å²) < 4.78 is 5.07. The average Bonchev–Trinajstić information content (AvgIpc) is 3.08. The lowest BCUT2D eigenvalue weighted by Gasteiger charge is -2.17. The predicted octanol–water partition coefficient (Wildman–Crippen LogP) is 2.74. The van der Waals surface area contributed by atoms with Crippen molar-refractivity contribution in [3.8, 4) is 6.07 Å². The fourth-order valence-electron chi connectivity index (χ4n) is 3.03. The van der Waals surface area contributed by atoms with E-state index in [4.69, 9.17) is 21.6 Å². The Hall–Kier alpha value is -3.37. The third-order valence-electron chi connectivity index (χ3n) is 4.49. The summed E-state index contributed by atoms with van der Waals surface area (Å²) in [7, 11) is 0. The van der Waals surface area contributed by atoms with Gasteiger partial charge in [0.15, 0.2) is 6.61 Å². The van der Waals surface area contributed by atoms with Crippen molar-refractivity contribution < 1.29 is 19.1 Å². The molecule has 148 valence electrons. The van der Waals surface area contributed by atoms with Crippen LogP contribution in [0.1, 0.15) is 17.5 Å². The Morgan fingerprint density at radius 2 is 2.03 bits per heavy atom. The number of rotatable bonds is 6. The van der Waals surface area contributed by atoms with Crippen LogP contribution in [0.3, 0.4) is 0 Å². The first-order valence-electron chi connectivity index (χ1n) is 8.94. The molecule has 0 bridgehead atoms. The number of benzene rings is 2. The maximum atomic E-state index is 12.3. The summed E-state index contributed by atoms with van der Waals surface area (Å²) in [6.07, 6.45) is 0.0368. The molecule has 29 heavy (non-hydrogen) atoms. The second-order valence-electron chi connectivity index (χ2n) is 6.62. The van der Waals surface area contributed by atoms with Crippen LogP contribution in [0.4, 0.5) is 5.69 Å². The van der Waals surface area contributed by atoms with Crippen LogP contribution in [0.15, 0.2) is 48.5 Å². The minimum Gasteiger partial charge on any atom is -0.455 e. The SMILES string of the molecule is N#Cc1cccc(NC(=O)COC(=O)[C@H]2CC(=O)N(Cc3ccccc3Cl)C2)c1. The number of ether oxygens (including phenoxy) is 1. The molecule has 1 N–H and O–H groups in total. The van der Waals surface area contributed by atoms with Gasteiger partial charge in [0.05, 0.1) is 17.6 Å². The Labute approximate surface area is 172 Å². The number of carbonyl (C=O) groups is 3. The molecule has 1 fully saturated rings. The van der Waals surface area contributed by atoms with E-state index in [1.165, 1.54) is 6.07 Å². The van der Waals surface area contributed by atoms with E-state index in [-0.39, 0.29) is 18.9 Å². The predicted molar refractivity (Wildman–Crippen MR) is 106 cm³/mol. The number of halogens is 1. The second-order valence-corrected chi connectivity index (χ2v) is 7.02.